The first-order valence-corrected chi connectivity index (χ1v) is 17.2. The Hall–Kier alpha value is -4.27. The van der Waals surface area contributed by atoms with Gasteiger partial charge in [-0.05, 0) is 61.6 Å². The van der Waals surface area contributed by atoms with Gasteiger partial charge in [-0.25, -0.2) is 31.5 Å². The number of aromatic nitrogens is 3. The maximum Gasteiger partial charge on any atom is 0.471 e. The van der Waals surface area contributed by atoms with E-state index in [9.17, 15) is 23.1 Å². The van der Waals surface area contributed by atoms with E-state index in [-0.39, 0.29) is 53.1 Å². The number of carbonyl (C=O) groups excluding carboxylic acids is 1. The largest absolute Gasteiger partial charge is 0.507 e. The van der Waals surface area contributed by atoms with Crippen LogP contribution >= 0.6 is 0 Å². The van der Waals surface area contributed by atoms with Crippen molar-refractivity contribution in [2.24, 2.45) is 0 Å². The number of hydrogen-bond donors (Lipinski definition) is 1. The van der Waals surface area contributed by atoms with E-state index >= 15 is 8.78 Å². The second-order valence-electron chi connectivity index (χ2n) is 12.0. The third kappa shape index (κ3) is 4.45. The van der Waals surface area contributed by atoms with Gasteiger partial charge in [-0.3, -0.25) is 4.79 Å². The average molecular weight is 649 g/mol. The Kier molecular flexibility index (Phi) is 6.45. The number of piperazine rings is 1. The molecular formula is C31H28F2N5O5SSi+. The molecular weight excluding hydrogens is 621 g/mol. The van der Waals surface area contributed by atoms with E-state index in [0.29, 0.717) is 25.2 Å². The smallest absolute Gasteiger partial charge is 0.471 e. The van der Waals surface area contributed by atoms with Crippen molar-refractivity contribution in [2.45, 2.75) is 35.7 Å². The van der Waals surface area contributed by atoms with Crippen molar-refractivity contribution in [2.75, 3.05) is 25.9 Å². The summed E-state index contributed by atoms with van der Waals surface area (Å²) in [6.07, 6.45) is 3.86. The number of fused-ring (bicyclic) bond motifs is 2. The molecule has 0 spiro atoms. The molecule has 4 heterocycles. The van der Waals surface area contributed by atoms with Crippen molar-refractivity contribution in [1.29, 1.82) is 0 Å². The van der Waals surface area contributed by atoms with Crippen LogP contribution in [0.1, 0.15) is 31.2 Å². The molecule has 1 unspecified atom stereocenters. The van der Waals surface area contributed by atoms with Crippen molar-refractivity contribution in [3.05, 3.63) is 82.8 Å². The Bertz CT molecular complexity index is 2130. The van der Waals surface area contributed by atoms with Crippen LogP contribution in [-0.2, 0) is 14.6 Å². The first-order chi connectivity index (χ1) is 21.3. The number of phenolic OH excluding ortho intramolecular Hbond substituents is 1. The number of hydrogen-bond acceptors (Lipinski definition) is 7. The molecule has 45 heavy (non-hydrogen) atoms. The van der Waals surface area contributed by atoms with Gasteiger partial charge in [0.1, 0.15) is 22.6 Å². The number of quaternary nitrogens is 1. The highest BCUT2D eigenvalue weighted by Gasteiger charge is 2.75. The van der Waals surface area contributed by atoms with Gasteiger partial charge in [-0.15, -0.1) is 4.98 Å². The summed E-state index contributed by atoms with van der Waals surface area (Å²) in [6.45, 7) is 6.65. The van der Waals surface area contributed by atoms with Crippen LogP contribution in [0.4, 0.5) is 14.6 Å². The molecule has 2 atom stereocenters. The van der Waals surface area contributed by atoms with Crippen LogP contribution in [0.5, 0.6) is 5.75 Å². The number of pyridine rings is 1. The van der Waals surface area contributed by atoms with Crippen LogP contribution in [0.25, 0.3) is 28.0 Å². The van der Waals surface area contributed by atoms with Crippen molar-refractivity contribution in [1.82, 2.24) is 23.6 Å². The summed E-state index contributed by atoms with van der Waals surface area (Å²) >= 11 is 0. The minimum absolute atomic E-state index is 0.00633. The first kappa shape index (κ1) is 29.4. The number of sulfone groups is 1. The van der Waals surface area contributed by atoms with Gasteiger partial charge < -0.3 is 14.2 Å². The predicted molar refractivity (Wildman–Crippen MR) is 165 cm³/mol. The fraction of sp³-hybridized carbons (Fsp3) is 0.290. The Morgan fingerprint density at radius 1 is 1.18 bits per heavy atom. The summed E-state index contributed by atoms with van der Waals surface area (Å²) in [5.74, 6) is -2.41. The maximum absolute atomic E-state index is 16.1. The standard InChI is InChI=1S/C31H28F2N5O5SSi/c1-4-24(40)36-13-14-38(31(2,16-36)45-38)29-19-15-21(33)26(25-20(32)8-6-9-22(25)39)34-28(19)37(30(41)35-29)27-18(17-11-12-17)7-5-10-23(27)44(3,42)43/h4-10,15,17,39H,1,11-14,16H2,2-3H3/q+1/t31-,38?/m0/s1. The number of benzene rings is 2. The third-order valence-corrected chi connectivity index (χ3v) is 12.2. The van der Waals surface area contributed by atoms with E-state index in [1.807, 2.05) is 6.92 Å². The van der Waals surface area contributed by atoms with Crippen molar-refractivity contribution >= 4 is 42.3 Å². The molecule has 2 radical (unpaired) electrons. The maximum atomic E-state index is 16.1. The molecule has 230 valence electrons. The number of para-hydroxylation sites is 1. The Morgan fingerprint density at radius 2 is 1.91 bits per heavy atom. The minimum atomic E-state index is -3.88. The molecule has 2 aliphatic heterocycles. The fourth-order valence-corrected chi connectivity index (χ4v) is 9.29. The SMILES string of the molecule is C=CC(=O)N1CC[N+]2(c3nc(=O)n(-c4c(C5CC5)cccc4S(C)(=O)=O)c4nc(-c5c(O)cccc5F)c(F)cc34)[Si][C@@]2(C)C1. The van der Waals surface area contributed by atoms with E-state index in [4.69, 9.17) is 0 Å². The van der Waals surface area contributed by atoms with Gasteiger partial charge in [0.25, 0.3) is 0 Å². The van der Waals surface area contributed by atoms with Gasteiger partial charge in [0.2, 0.25) is 11.7 Å². The number of phenols is 1. The summed E-state index contributed by atoms with van der Waals surface area (Å²) < 4.78 is 58.6. The average Bonchev–Trinajstić information content (AvgIpc) is 3.91. The molecule has 10 nitrogen and oxygen atoms in total. The van der Waals surface area contributed by atoms with Crippen molar-refractivity contribution in [3.63, 3.8) is 0 Å². The minimum Gasteiger partial charge on any atom is -0.507 e. The Balaban J connectivity index is 1.56. The van der Waals surface area contributed by atoms with E-state index in [1.54, 1.807) is 17.0 Å². The molecule has 1 amide bonds. The lowest BCUT2D eigenvalue weighted by molar-refractivity contribution is -0.127. The van der Waals surface area contributed by atoms with Crippen LogP contribution in [0.2, 0.25) is 0 Å². The van der Waals surface area contributed by atoms with E-state index in [0.717, 1.165) is 35.8 Å². The van der Waals surface area contributed by atoms with Crippen LogP contribution in [0.3, 0.4) is 0 Å². The zero-order valence-electron chi connectivity index (χ0n) is 24.4. The number of nitrogens with zero attached hydrogens (tertiary/aromatic N) is 5. The lowest BCUT2D eigenvalue weighted by atomic mass is 10.1. The lowest BCUT2D eigenvalue weighted by Gasteiger charge is -2.36. The highest BCUT2D eigenvalue weighted by atomic mass is 32.2. The van der Waals surface area contributed by atoms with E-state index in [1.165, 1.54) is 24.3 Å². The molecule has 2 aromatic carbocycles. The summed E-state index contributed by atoms with van der Waals surface area (Å²) in [4.78, 5) is 37.2. The van der Waals surface area contributed by atoms with E-state index in [2.05, 4.69) is 16.5 Å². The topological polar surface area (TPSA) is 122 Å². The molecule has 7 rings (SSSR count). The van der Waals surface area contributed by atoms with Crippen LogP contribution in [0.15, 0.2) is 64.8 Å². The second-order valence-corrected chi connectivity index (χ2v) is 16.0. The van der Waals surface area contributed by atoms with Gasteiger partial charge in [0, 0.05) is 6.26 Å². The van der Waals surface area contributed by atoms with Crippen molar-refractivity contribution < 1.29 is 27.1 Å². The van der Waals surface area contributed by atoms with Crippen LogP contribution in [0, 0.1) is 11.6 Å². The fourth-order valence-electron chi connectivity index (χ4n) is 6.60. The number of carbonyl (C=O) groups is 1. The Morgan fingerprint density at radius 3 is 2.56 bits per heavy atom. The summed E-state index contributed by atoms with van der Waals surface area (Å²) in [7, 11) is -3.69. The van der Waals surface area contributed by atoms with Gasteiger partial charge in [0.05, 0.1) is 35.8 Å². The van der Waals surface area contributed by atoms with Crippen LogP contribution in [-0.4, -0.2) is 79.6 Å². The van der Waals surface area contributed by atoms with Gasteiger partial charge in [-0.1, -0.05) is 24.8 Å². The van der Waals surface area contributed by atoms with Crippen molar-refractivity contribution in [3.8, 4) is 22.7 Å². The zero-order valence-corrected chi connectivity index (χ0v) is 26.2. The molecule has 14 heteroatoms. The number of aromatic hydroxyl groups is 1. The van der Waals surface area contributed by atoms with Gasteiger partial charge in [0.15, 0.2) is 26.5 Å². The monoisotopic (exact) mass is 648 g/mol. The molecule has 0 bridgehead atoms. The molecule has 1 saturated carbocycles. The number of amides is 1. The second kappa shape index (κ2) is 9.86. The first-order valence-electron chi connectivity index (χ1n) is 14.3. The molecule has 1 N–H and O–H groups in total. The number of rotatable bonds is 6. The van der Waals surface area contributed by atoms with Crippen LogP contribution < -0.4 is 9.84 Å². The molecule has 1 aliphatic carbocycles. The Labute approximate surface area is 259 Å². The molecule has 3 fully saturated rings. The highest BCUT2D eigenvalue weighted by Crippen LogP contribution is 2.50. The van der Waals surface area contributed by atoms with Gasteiger partial charge in [-0.2, -0.15) is 0 Å². The number of halogens is 2. The van der Waals surface area contributed by atoms with E-state index < -0.39 is 49.3 Å². The normalized spacial score (nSPS) is 22.7. The highest BCUT2D eigenvalue weighted by molar-refractivity contribution is 7.90. The third-order valence-electron chi connectivity index (χ3n) is 8.98. The molecule has 2 saturated heterocycles. The molecule has 4 aromatic rings. The predicted octanol–water partition coefficient (Wildman–Crippen LogP) is 3.40. The lowest BCUT2D eigenvalue weighted by Crippen LogP contribution is -2.55. The quantitative estimate of drug-likeness (QED) is 0.193. The summed E-state index contributed by atoms with van der Waals surface area (Å²) in [5.41, 5.74) is -1.27. The summed E-state index contributed by atoms with van der Waals surface area (Å²) in [5, 5.41) is 10.2. The van der Waals surface area contributed by atoms with Gasteiger partial charge >= 0.3 is 15.4 Å². The zero-order chi connectivity index (χ0) is 32.1. The molecule has 3 aliphatic rings. The molecule has 2 aromatic heterocycles. The summed E-state index contributed by atoms with van der Waals surface area (Å²) in [6, 6.07) is 9.41.